The molecule has 0 spiro atoms. The predicted octanol–water partition coefficient (Wildman–Crippen LogP) is 2.20. The summed E-state index contributed by atoms with van der Waals surface area (Å²) in [6.45, 7) is 5.28. The second-order valence-corrected chi connectivity index (χ2v) is 5.38. The van der Waals surface area contributed by atoms with E-state index in [0.717, 1.165) is 19.5 Å². The third-order valence-corrected chi connectivity index (χ3v) is 3.98. The Morgan fingerprint density at radius 2 is 2.21 bits per heavy atom. The lowest BCUT2D eigenvalue weighted by Crippen LogP contribution is -2.49. The Morgan fingerprint density at radius 3 is 2.79 bits per heavy atom. The molecular formula is C15H21FN2O. The van der Waals surface area contributed by atoms with E-state index in [0.29, 0.717) is 23.1 Å². The third-order valence-electron chi connectivity index (χ3n) is 3.98. The van der Waals surface area contributed by atoms with Crippen LogP contribution in [0.25, 0.3) is 0 Å². The van der Waals surface area contributed by atoms with Gasteiger partial charge in [-0.2, -0.15) is 0 Å². The van der Waals surface area contributed by atoms with E-state index in [1.165, 1.54) is 6.07 Å². The molecule has 0 saturated carbocycles. The molecule has 1 aromatic carbocycles. The first kappa shape index (κ1) is 14.0. The number of hydrogen-bond acceptors (Lipinski definition) is 2. The number of nitrogens with zero attached hydrogens (tertiary/aromatic N) is 1. The van der Waals surface area contributed by atoms with Crippen molar-refractivity contribution < 1.29 is 9.18 Å². The number of rotatable bonds is 2. The Balaban J connectivity index is 2.10. The number of aryl methyl sites for hydroxylation is 1. The summed E-state index contributed by atoms with van der Waals surface area (Å²) in [4.78, 5) is 14.2. The van der Waals surface area contributed by atoms with E-state index in [4.69, 9.17) is 0 Å². The van der Waals surface area contributed by atoms with E-state index in [-0.39, 0.29) is 11.7 Å². The highest BCUT2D eigenvalue weighted by atomic mass is 19.1. The van der Waals surface area contributed by atoms with Crippen LogP contribution >= 0.6 is 0 Å². The molecule has 0 aromatic heterocycles. The van der Waals surface area contributed by atoms with Crippen molar-refractivity contribution in [2.24, 2.45) is 5.92 Å². The Labute approximate surface area is 113 Å². The zero-order chi connectivity index (χ0) is 14.0. The van der Waals surface area contributed by atoms with Crippen LogP contribution in [0.4, 0.5) is 4.39 Å². The van der Waals surface area contributed by atoms with Gasteiger partial charge in [-0.3, -0.25) is 4.79 Å². The molecule has 3 nitrogen and oxygen atoms in total. The average Bonchev–Trinajstić information content (AvgIpc) is 2.41. The summed E-state index contributed by atoms with van der Waals surface area (Å²) < 4.78 is 13.5. The molecule has 2 atom stereocenters. The molecule has 1 N–H and O–H groups in total. The summed E-state index contributed by atoms with van der Waals surface area (Å²) in [5, 5.41) is 3.27. The van der Waals surface area contributed by atoms with Crippen LogP contribution < -0.4 is 5.32 Å². The maximum Gasteiger partial charge on any atom is 0.253 e. The van der Waals surface area contributed by atoms with Gasteiger partial charge in [-0.25, -0.2) is 4.39 Å². The quantitative estimate of drug-likeness (QED) is 0.888. The molecule has 19 heavy (non-hydrogen) atoms. The summed E-state index contributed by atoms with van der Waals surface area (Å²) >= 11 is 0. The lowest BCUT2D eigenvalue weighted by Gasteiger charge is -2.36. The van der Waals surface area contributed by atoms with Crippen molar-refractivity contribution in [1.29, 1.82) is 0 Å². The monoisotopic (exact) mass is 264 g/mol. The van der Waals surface area contributed by atoms with Gasteiger partial charge < -0.3 is 10.2 Å². The average molecular weight is 264 g/mol. The van der Waals surface area contributed by atoms with Crippen molar-refractivity contribution in [1.82, 2.24) is 10.2 Å². The fourth-order valence-corrected chi connectivity index (χ4v) is 2.67. The Hall–Kier alpha value is -1.42. The van der Waals surface area contributed by atoms with Gasteiger partial charge in [0.2, 0.25) is 0 Å². The SMILES string of the molecule is CNC1CCN(C(=O)c2ccc(C)c(F)c2)CC1C. The van der Waals surface area contributed by atoms with Gasteiger partial charge in [-0.15, -0.1) is 0 Å². The van der Waals surface area contributed by atoms with Gasteiger partial charge in [0.1, 0.15) is 5.82 Å². The number of halogens is 1. The molecular weight excluding hydrogens is 243 g/mol. The molecule has 2 unspecified atom stereocenters. The number of hydrogen-bond donors (Lipinski definition) is 1. The smallest absolute Gasteiger partial charge is 0.253 e. The highest BCUT2D eigenvalue weighted by Gasteiger charge is 2.28. The maximum atomic E-state index is 13.5. The van der Waals surface area contributed by atoms with E-state index in [2.05, 4.69) is 12.2 Å². The second kappa shape index (κ2) is 5.70. The van der Waals surface area contributed by atoms with E-state index in [1.54, 1.807) is 19.1 Å². The Morgan fingerprint density at radius 1 is 1.47 bits per heavy atom. The van der Waals surface area contributed by atoms with Crippen LogP contribution in [0.1, 0.15) is 29.3 Å². The van der Waals surface area contributed by atoms with Gasteiger partial charge in [0.05, 0.1) is 0 Å². The summed E-state index contributed by atoms with van der Waals surface area (Å²) in [5.74, 6) is 0.0299. The van der Waals surface area contributed by atoms with Crippen molar-refractivity contribution in [2.45, 2.75) is 26.3 Å². The minimum absolute atomic E-state index is 0.0692. The molecule has 0 bridgehead atoms. The first-order chi connectivity index (χ1) is 9.02. The number of benzene rings is 1. The molecule has 104 valence electrons. The van der Waals surface area contributed by atoms with Crippen LogP contribution in [0.2, 0.25) is 0 Å². The molecule has 0 radical (unpaired) electrons. The Bertz CT molecular complexity index is 475. The first-order valence-electron chi connectivity index (χ1n) is 6.75. The molecule has 1 fully saturated rings. The zero-order valence-electron chi connectivity index (χ0n) is 11.7. The number of amides is 1. The van der Waals surface area contributed by atoms with Gasteiger partial charge in [0.15, 0.2) is 0 Å². The van der Waals surface area contributed by atoms with Gasteiger partial charge in [-0.05, 0) is 44.0 Å². The van der Waals surface area contributed by atoms with Crippen LogP contribution in [0.5, 0.6) is 0 Å². The number of likely N-dealkylation sites (tertiary alicyclic amines) is 1. The molecule has 1 aromatic rings. The summed E-state index contributed by atoms with van der Waals surface area (Å²) in [7, 11) is 1.95. The van der Waals surface area contributed by atoms with Crippen LogP contribution in [-0.4, -0.2) is 37.0 Å². The summed E-state index contributed by atoms with van der Waals surface area (Å²) in [6.07, 6.45) is 0.942. The number of carbonyl (C=O) groups excluding carboxylic acids is 1. The Kier molecular flexibility index (Phi) is 4.20. The van der Waals surface area contributed by atoms with Crippen LogP contribution in [0.3, 0.4) is 0 Å². The minimum Gasteiger partial charge on any atom is -0.338 e. The molecule has 2 rings (SSSR count). The first-order valence-corrected chi connectivity index (χ1v) is 6.75. The normalized spacial score (nSPS) is 23.5. The minimum atomic E-state index is -0.316. The van der Waals surface area contributed by atoms with Gasteiger partial charge in [0.25, 0.3) is 5.91 Å². The molecule has 1 heterocycles. The molecule has 4 heteroatoms. The molecule has 1 aliphatic rings. The largest absolute Gasteiger partial charge is 0.338 e. The zero-order valence-corrected chi connectivity index (χ0v) is 11.7. The van der Waals surface area contributed by atoms with Gasteiger partial charge in [0, 0.05) is 24.7 Å². The fraction of sp³-hybridized carbons (Fsp3) is 0.533. The van der Waals surface area contributed by atoms with Gasteiger partial charge >= 0.3 is 0 Å². The molecule has 1 saturated heterocycles. The van der Waals surface area contributed by atoms with Crippen LogP contribution in [-0.2, 0) is 0 Å². The summed E-state index contributed by atoms with van der Waals surface area (Å²) in [6, 6.07) is 5.16. The molecule has 1 amide bonds. The molecule has 1 aliphatic heterocycles. The third kappa shape index (κ3) is 2.95. The van der Waals surface area contributed by atoms with Crippen molar-refractivity contribution in [2.75, 3.05) is 20.1 Å². The van der Waals surface area contributed by atoms with Crippen molar-refractivity contribution >= 4 is 5.91 Å². The van der Waals surface area contributed by atoms with Crippen molar-refractivity contribution in [3.63, 3.8) is 0 Å². The highest BCUT2D eigenvalue weighted by Crippen LogP contribution is 2.19. The van der Waals surface area contributed by atoms with Crippen LogP contribution in [0, 0.1) is 18.7 Å². The maximum absolute atomic E-state index is 13.5. The van der Waals surface area contributed by atoms with Crippen molar-refractivity contribution in [3.05, 3.63) is 35.1 Å². The molecule has 0 aliphatic carbocycles. The highest BCUT2D eigenvalue weighted by molar-refractivity contribution is 5.94. The standard InChI is InChI=1S/C15H21FN2O/c1-10-4-5-12(8-13(10)16)15(19)18-7-6-14(17-3)11(2)9-18/h4-5,8,11,14,17H,6-7,9H2,1-3H3. The topological polar surface area (TPSA) is 32.3 Å². The lowest BCUT2D eigenvalue weighted by atomic mass is 9.93. The van der Waals surface area contributed by atoms with E-state index in [9.17, 15) is 9.18 Å². The number of piperidine rings is 1. The van der Waals surface area contributed by atoms with E-state index >= 15 is 0 Å². The van der Waals surface area contributed by atoms with Crippen molar-refractivity contribution in [3.8, 4) is 0 Å². The van der Waals surface area contributed by atoms with Crippen LogP contribution in [0.15, 0.2) is 18.2 Å². The number of nitrogens with one attached hydrogen (secondary N) is 1. The summed E-state index contributed by atoms with van der Waals surface area (Å²) in [5.41, 5.74) is 1.01. The van der Waals surface area contributed by atoms with Gasteiger partial charge in [-0.1, -0.05) is 13.0 Å². The number of carbonyl (C=O) groups is 1. The lowest BCUT2D eigenvalue weighted by molar-refractivity contribution is 0.0649. The van der Waals surface area contributed by atoms with E-state index < -0.39 is 0 Å². The fourth-order valence-electron chi connectivity index (χ4n) is 2.67. The predicted molar refractivity (Wildman–Crippen MR) is 73.7 cm³/mol. The second-order valence-electron chi connectivity index (χ2n) is 5.38. The van der Waals surface area contributed by atoms with E-state index in [1.807, 2.05) is 11.9 Å².